The SMILES string of the molecule is CC[C@H](C)N(Cc1ccc(-n2cncn2)cc1)Cc1cccnc1. The number of aromatic nitrogens is 4. The van der Waals surface area contributed by atoms with Gasteiger partial charge in [-0.25, -0.2) is 9.67 Å². The maximum atomic E-state index is 4.23. The van der Waals surface area contributed by atoms with Crippen LogP contribution in [0.25, 0.3) is 5.69 Å². The van der Waals surface area contributed by atoms with Gasteiger partial charge in [0.05, 0.1) is 5.69 Å². The zero-order valence-corrected chi connectivity index (χ0v) is 14.2. The predicted molar refractivity (Wildman–Crippen MR) is 94.6 cm³/mol. The second-order valence-corrected chi connectivity index (χ2v) is 6.03. The van der Waals surface area contributed by atoms with E-state index in [9.17, 15) is 0 Å². The third-order valence-corrected chi connectivity index (χ3v) is 4.33. The molecule has 24 heavy (non-hydrogen) atoms. The minimum atomic E-state index is 0.514. The first-order valence-electron chi connectivity index (χ1n) is 8.33. The van der Waals surface area contributed by atoms with Crippen LogP contribution in [0.5, 0.6) is 0 Å². The molecule has 1 atom stereocenters. The van der Waals surface area contributed by atoms with Crippen molar-refractivity contribution in [3.05, 3.63) is 72.6 Å². The van der Waals surface area contributed by atoms with E-state index in [2.05, 4.69) is 64.1 Å². The molecule has 124 valence electrons. The van der Waals surface area contributed by atoms with E-state index in [1.165, 1.54) is 11.1 Å². The van der Waals surface area contributed by atoms with Crippen molar-refractivity contribution in [3.63, 3.8) is 0 Å². The molecule has 3 rings (SSSR count). The Morgan fingerprint density at radius 2 is 1.83 bits per heavy atom. The summed E-state index contributed by atoms with van der Waals surface area (Å²) in [5.74, 6) is 0. The zero-order chi connectivity index (χ0) is 16.8. The van der Waals surface area contributed by atoms with Gasteiger partial charge in [-0.2, -0.15) is 5.10 Å². The van der Waals surface area contributed by atoms with Crippen LogP contribution in [0.2, 0.25) is 0 Å². The summed E-state index contributed by atoms with van der Waals surface area (Å²) in [7, 11) is 0. The number of pyridine rings is 1. The normalized spacial score (nSPS) is 12.5. The fourth-order valence-electron chi connectivity index (χ4n) is 2.68. The summed E-state index contributed by atoms with van der Waals surface area (Å²) in [6, 6.07) is 13.1. The molecule has 3 aromatic rings. The molecule has 0 aliphatic rings. The highest BCUT2D eigenvalue weighted by atomic mass is 15.3. The van der Waals surface area contributed by atoms with Gasteiger partial charge >= 0.3 is 0 Å². The molecule has 0 saturated carbocycles. The van der Waals surface area contributed by atoms with E-state index in [0.29, 0.717) is 6.04 Å². The summed E-state index contributed by atoms with van der Waals surface area (Å²) < 4.78 is 1.77. The van der Waals surface area contributed by atoms with Crippen molar-refractivity contribution in [2.75, 3.05) is 0 Å². The summed E-state index contributed by atoms with van der Waals surface area (Å²) in [5, 5.41) is 4.16. The lowest BCUT2D eigenvalue weighted by atomic mass is 10.1. The third kappa shape index (κ3) is 4.06. The second kappa shape index (κ2) is 7.84. The minimum absolute atomic E-state index is 0.514. The summed E-state index contributed by atoms with van der Waals surface area (Å²) >= 11 is 0. The summed E-state index contributed by atoms with van der Waals surface area (Å²) in [6.07, 6.45) is 8.15. The van der Waals surface area contributed by atoms with Crippen molar-refractivity contribution in [1.82, 2.24) is 24.6 Å². The quantitative estimate of drug-likeness (QED) is 0.668. The van der Waals surface area contributed by atoms with Crippen LogP contribution in [0.3, 0.4) is 0 Å². The molecule has 0 radical (unpaired) electrons. The van der Waals surface area contributed by atoms with Gasteiger partial charge in [-0.1, -0.05) is 25.1 Å². The van der Waals surface area contributed by atoms with Gasteiger partial charge in [0.15, 0.2) is 0 Å². The van der Waals surface area contributed by atoms with Crippen molar-refractivity contribution in [2.45, 2.75) is 39.4 Å². The molecule has 0 aliphatic heterocycles. The first-order chi connectivity index (χ1) is 11.8. The van der Waals surface area contributed by atoms with E-state index in [0.717, 1.165) is 25.2 Å². The molecule has 0 unspecified atom stereocenters. The van der Waals surface area contributed by atoms with Crippen molar-refractivity contribution < 1.29 is 0 Å². The Hall–Kier alpha value is -2.53. The van der Waals surface area contributed by atoms with Crippen LogP contribution in [0.1, 0.15) is 31.4 Å². The maximum Gasteiger partial charge on any atom is 0.138 e. The van der Waals surface area contributed by atoms with Crippen LogP contribution in [0.4, 0.5) is 0 Å². The lowest BCUT2D eigenvalue weighted by molar-refractivity contribution is 0.186. The molecule has 5 heteroatoms. The molecule has 0 fully saturated rings. The molecule has 5 nitrogen and oxygen atoms in total. The fourth-order valence-corrected chi connectivity index (χ4v) is 2.68. The number of rotatable bonds is 7. The Balaban J connectivity index is 1.72. The van der Waals surface area contributed by atoms with Crippen LogP contribution >= 0.6 is 0 Å². The van der Waals surface area contributed by atoms with Gasteiger partial charge in [0, 0.05) is 31.5 Å². The zero-order valence-electron chi connectivity index (χ0n) is 14.2. The molecule has 0 bridgehead atoms. The highest BCUT2D eigenvalue weighted by molar-refractivity contribution is 5.33. The maximum absolute atomic E-state index is 4.23. The van der Waals surface area contributed by atoms with Gasteiger partial charge in [-0.3, -0.25) is 9.88 Å². The van der Waals surface area contributed by atoms with E-state index in [4.69, 9.17) is 0 Å². The lowest BCUT2D eigenvalue weighted by Gasteiger charge is -2.28. The highest BCUT2D eigenvalue weighted by Gasteiger charge is 2.13. The summed E-state index contributed by atoms with van der Waals surface area (Å²) in [4.78, 5) is 10.7. The van der Waals surface area contributed by atoms with E-state index < -0.39 is 0 Å². The molecule has 0 spiro atoms. The summed E-state index contributed by atoms with van der Waals surface area (Å²) in [5.41, 5.74) is 3.57. The second-order valence-electron chi connectivity index (χ2n) is 6.03. The molecule has 0 amide bonds. The van der Waals surface area contributed by atoms with Crippen LogP contribution < -0.4 is 0 Å². The van der Waals surface area contributed by atoms with Gasteiger partial charge in [0.2, 0.25) is 0 Å². The molecule has 0 aliphatic carbocycles. The fraction of sp³-hybridized carbons (Fsp3) is 0.316. The monoisotopic (exact) mass is 321 g/mol. The first kappa shape index (κ1) is 16.3. The van der Waals surface area contributed by atoms with Crippen LogP contribution in [0, 0.1) is 0 Å². The Morgan fingerprint density at radius 1 is 1.04 bits per heavy atom. The number of benzene rings is 1. The number of nitrogens with zero attached hydrogens (tertiary/aromatic N) is 5. The Bertz CT molecular complexity index is 722. The van der Waals surface area contributed by atoms with Crippen molar-refractivity contribution in [2.24, 2.45) is 0 Å². The van der Waals surface area contributed by atoms with Gasteiger partial charge in [0.1, 0.15) is 12.7 Å². The third-order valence-electron chi connectivity index (χ3n) is 4.33. The smallest absolute Gasteiger partial charge is 0.138 e. The van der Waals surface area contributed by atoms with Gasteiger partial charge < -0.3 is 0 Å². The number of hydrogen-bond acceptors (Lipinski definition) is 4. The molecular formula is C19H23N5. The van der Waals surface area contributed by atoms with Crippen molar-refractivity contribution in [1.29, 1.82) is 0 Å². The first-order valence-corrected chi connectivity index (χ1v) is 8.33. The Labute approximate surface area is 143 Å². The van der Waals surface area contributed by atoms with Crippen LogP contribution in [-0.2, 0) is 13.1 Å². The molecule has 2 aromatic heterocycles. The molecule has 0 saturated heterocycles. The predicted octanol–water partition coefficient (Wildman–Crippen LogP) is 3.46. The summed E-state index contributed by atoms with van der Waals surface area (Å²) in [6.45, 7) is 6.34. The van der Waals surface area contributed by atoms with Gasteiger partial charge in [0.25, 0.3) is 0 Å². The molecule has 1 aromatic carbocycles. The van der Waals surface area contributed by atoms with E-state index in [-0.39, 0.29) is 0 Å². The molecular weight excluding hydrogens is 298 g/mol. The Kier molecular flexibility index (Phi) is 5.33. The topological polar surface area (TPSA) is 46.8 Å². The highest BCUT2D eigenvalue weighted by Crippen LogP contribution is 2.16. The van der Waals surface area contributed by atoms with E-state index in [1.807, 2.05) is 18.5 Å². The number of hydrogen-bond donors (Lipinski definition) is 0. The average molecular weight is 321 g/mol. The van der Waals surface area contributed by atoms with Crippen LogP contribution in [0.15, 0.2) is 61.4 Å². The van der Waals surface area contributed by atoms with Crippen LogP contribution in [-0.4, -0.2) is 30.7 Å². The van der Waals surface area contributed by atoms with Crippen molar-refractivity contribution >= 4 is 0 Å². The van der Waals surface area contributed by atoms with E-state index in [1.54, 1.807) is 17.3 Å². The van der Waals surface area contributed by atoms with Gasteiger partial charge in [-0.15, -0.1) is 0 Å². The molecule has 2 heterocycles. The van der Waals surface area contributed by atoms with Crippen molar-refractivity contribution in [3.8, 4) is 5.69 Å². The van der Waals surface area contributed by atoms with E-state index >= 15 is 0 Å². The lowest BCUT2D eigenvalue weighted by Crippen LogP contribution is -2.31. The standard InChI is InChI=1S/C19H23N5/c1-3-16(2)23(13-18-5-4-10-20-11-18)12-17-6-8-19(9-7-17)24-15-21-14-22-24/h4-11,14-16H,3,12-13H2,1-2H3/t16-/m0/s1. The van der Waals surface area contributed by atoms with Gasteiger partial charge in [-0.05, 0) is 42.7 Å². The Morgan fingerprint density at radius 3 is 2.46 bits per heavy atom. The minimum Gasteiger partial charge on any atom is -0.292 e. The molecule has 0 N–H and O–H groups in total. The average Bonchev–Trinajstić information content (AvgIpc) is 3.16. The largest absolute Gasteiger partial charge is 0.292 e.